The minimum absolute atomic E-state index is 0.428. The average Bonchev–Trinajstić information content (AvgIpc) is 2.45. The van der Waals surface area contributed by atoms with Crippen LogP contribution in [0.1, 0.15) is 45.2 Å². The van der Waals surface area contributed by atoms with Crippen LogP contribution in [0.2, 0.25) is 0 Å². The van der Waals surface area contributed by atoms with Crippen LogP contribution in [0.15, 0.2) is 24.3 Å². The van der Waals surface area contributed by atoms with E-state index in [1.807, 2.05) is 0 Å². The number of nitrogens with one attached hydrogen (secondary N) is 1. The van der Waals surface area contributed by atoms with E-state index < -0.39 is 0 Å². The summed E-state index contributed by atoms with van der Waals surface area (Å²) < 4.78 is 5.94. The Kier molecular flexibility index (Phi) is 6.24. The van der Waals surface area contributed by atoms with Crippen LogP contribution in [0.5, 0.6) is 5.75 Å². The molecule has 1 aliphatic rings. The second kappa shape index (κ2) is 7.94. The number of hydrogen-bond acceptors (Lipinski definition) is 3. The van der Waals surface area contributed by atoms with Gasteiger partial charge in [0.2, 0.25) is 0 Å². The number of rotatable bonds is 7. The molecule has 0 amide bonds. The second-order valence-corrected chi connectivity index (χ2v) is 7.22. The van der Waals surface area contributed by atoms with E-state index in [2.05, 4.69) is 62.1 Å². The smallest absolute Gasteiger partial charge is 0.124 e. The van der Waals surface area contributed by atoms with Crippen LogP contribution in [0.25, 0.3) is 0 Å². The highest BCUT2D eigenvalue weighted by Gasteiger charge is 2.30. The summed E-state index contributed by atoms with van der Waals surface area (Å²) >= 11 is 2.06. The quantitative estimate of drug-likeness (QED) is 0.811. The van der Waals surface area contributed by atoms with E-state index in [-0.39, 0.29) is 0 Å². The average molecular weight is 293 g/mol. The summed E-state index contributed by atoms with van der Waals surface area (Å²) in [5.41, 5.74) is 1.33. The monoisotopic (exact) mass is 293 g/mol. The zero-order valence-electron chi connectivity index (χ0n) is 12.9. The molecule has 112 valence electrons. The van der Waals surface area contributed by atoms with Gasteiger partial charge in [-0.05, 0) is 37.1 Å². The Morgan fingerprint density at radius 3 is 2.90 bits per heavy atom. The van der Waals surface area contributed by atoms with Gasteiger partial charge in [0, 0.05) is 5.56 Å². The third-order valence-corrected chi connectivity index (χ3v) is 4.98. The second-order valence-electron chi connectivity index (χ2n) is 5.87. The third-order valence-electron chi connectivity index (χ3n) is 3.67. The van der Waals surface area contributed by atoms with Gasteiger partial charge in [0.15, 0.2) is 0 Å². The summed E-state index contributed by atoms with van der Waals surface area (Å²) in [6.45, 7) is 8.70. The molecule has 1 N–H and O–H groups in total. The first-order chi connectivity index (χ1) is 9.72. The molecule has 20 heavy (non-hydrogen) atoms. The predicted octanol–water partition coefficient (Wildman–Crippen LogP) is 4.27. The molecular weight excluding hydrogens is 266 g/mol. The Morgan fingerprint density at radius 2 is 2.15 bits per heavy atom. The van der Waals surface area contributed by atoms with Crippen LogP contribution < -0.4 is 10.1 Å². The molecule has 2 unspecified atom stereocenters. The van der Waals surface area contributed by atoms with Crippen LogP contribution in [-0.4, -0.2) is 24.2 Å². The molecule has 1 aromatic rings. The van der Waals surface area contributed by atoms with Gasteiger partial charge in [0.1, 0.15) is 12.4 Å². The largest absolute Gasteiger partial charge is 0.492 e. The Labute approximate surface area is 127 Å². The summed E-state index contributed by atoms with van der Waals surface area (Å²) in [4.78, 5) is 0. The number of para-hydroxylation sites is 1. The van der Waals surface area contributed by atoms with Crippen molar-refractivity contribution < 1.29 is 4.74 Å². The maximum absolute atomic E-state index is 5.94. The van der Waals surface area contributed by atoms with Gasteiger partial charge in [-0.3, -0.25) is 0 Å². The molecule has 1 heterocycles. The van der Waals surface area contributed by atoms with Crippen LogP contribution in [0, 0.1) is 5.92 Å². The summed E-state index contributed by atoms with van der Waals surface area (Å²) in [6, 6.07) is 8.89. The Morgan fingerprint density at radius 1 is 1.35 bits per heavy atom. The molecule has 2 atom stereocenters. The minimum atomic E-state index is 0.428. The molecule has 3 heteroatoms. The Bertz CT molecular complexity index is 408. The highest BCUT2D eigenvalue weighted by atomic mass is 32.2. The molecule has 0 aliphatic carbocycles. The standard InChI is InChI=1S/C17H27NOS/c1-4-10-18-17-14-7-5-6-8-15(14)19-12-16(17)20-11-9-13(2)3/h5-8,13,16-18H,4,9-12H2,1-3H3. The van der Waals surface area contributed by atoms with E-state index in [4.69, 9.17) is 4.74 Å². The topological polar surface area (TPSA) is 21.3 Å². The first-order valence-corrected chi connectivity index (χ1v) is 8.84. The highest BCUT2D eigenvalue weighted by molar-refractivity contribution is 7.99. The number of hydrogen-bond donors (Lipinski definition) is 1. The van der Waals surface area contributed by atoms with Crippen molar-refractivity contribution in [2.24, 2.45) is 5.92 Å². The lowest BCUT2D eigenvalue weighted by Crippen LogP contribution is -2.38. The van der Waals surface area contributed by atoms with Crippen LogP contribution in [0.4, 0.5) is 0 Å². The summed E-state index contributed by atoms with van der Waals surface area (Å²) in [5.74, 6) is 3.06. The van der Waals surface area contributed by atoms with Crippen molar-refractivity contribution in [3.05, 3.63) is 29.8 Å². The van der Waals surface area contributed by atoms with Gasteiger partial charge in [-0.25, -0.2) is 0 Å². The summed E-state index contributed by atoms with van der Waals surface area (Å²) in [5, 5.41) is 4.24. The molecule has 0 spiro atoms. The van der Waals surface area contributed by atoms with Gasteiger partial charge in [-0.2, -0.15) is 11.8 Å². The van der Waals surface area contributed by atoms with Crippen molar-refractivity contribution in [2.45, 2.75) is 44.9 Å². The molecular formula is C17H27NOS. The van der Waals surface area contributed by atoms with Crippen molar-refractivity contribution >= 4 is 11.8 Å². The van der Waals surface area contributed by atoms with E-state index in [0.29, 0.717) is 11.3 Å². The predicted molar refractivity (Wildman–Crippen MR) is 88.7 cm³/mol. The van der Waals surface area contributed by atoms with E-state index >= 15 is 0 Å². The molecule has 1 aliphatic heterocycles. The van der Waals surface area contributed by atoms with E-state index in [1.54, 1.807) is 0 Å². The fourth-order valence-electron chi connectivity index (χ4n) is 2.48. The number of thioether (sulfide) groups is 1. The first kappa shape index (κ1) is 15.7. The first-order valence-electron chi connectivity index (χ1n) is 7.79. The zero-order valence-corrected chi connectivity index (χ0v) is 13.7. The normalized spacial score (nSPS) is 21.6. The van der Waals surface area contributed by atoms with Crippen molar-refractivity contribution in [2.75, 3.05) is 18.9 Å². The van der Waals surface area contributed by atoms with Gasteiger partial charge in [0.05, 0.1) is 11.3 Å². The highest BCUT2D eigenvalue weighted by Crippen LogP contribution is 2.37. The third kappa shape index (κ3) is 4.16. The van der Waals surface area contributed by atoms with Gasteiger partial charge >= 0.3 is 0 Å². The molecule has 0 aromatic heterocycles. The summed E-state index contributed by atoms with van der Waals surface area (Å²) in [6.07, 6.45) is 2.45. The summed E-state index contributed by atoms with van der Waals surface area (Å²) in [7, 11) is 0. The van der Waals surface area contributed by atoms with Crippen LogP contribution in [0.3, 0.4) is 0 Å². The molecule has 2 rings (SSSR count). The van der Waals surface area contributed by atoms with E-state index in [0.717, 1.165) is 24.8 Å². The fourth-order valence-corrected chi connectivity index (χ4v) is 3.99. The van der Waals surface area contributed by atoms with Gasteiger partial charge in [0.25, 0.3) is 0 Å². The minimum Gasteiger partial charge on any atom is -0.492 e. The van der Waals surface area contributed by atoms with Crippen molar-refractivity contribution in [1.82, 2.24) is 5.32 Å². The molecule has 1 aromatic carbocycles. The number of ether oxygens (including phenoxy) is 1. The molecule has 0 saturated carbocycles. The molecule has 0 saturated heterocycles. The van der Waals surface area contributed by atoms with Crippen LogP contribution >= 0.6 is 11.8 Å². The maximum Gasteiger partial charge on any atom is 0.124 e. The van der Waals surface area contributed by atoms with Gasteiger partial charge in [-0.1, -0.05) is 39.0 Å². The fraction of sp³-hybridized carbons (Fsp3) is 0.647. The molecule has 2 nitrogen and oxygen atoms in total. The number of fused-ring (bicyclic) bond motifs is 1. The SMILES string of the molecule is CCCNC1c2ccccc2OCC1SCCC(C)C. The Balaban J connectivity index is 2.04. The van der Waals surface area contributed by atoms with E-state index in [9.17, 15) is 0 Å². The molecule has 0 bridgehead atoms. The zero-order chi connectivity index (χ0) is 14.4. The molecule has 0 radical (unpaired) electrons. The lowest BCUT2D eigenvalue weighted by molar-refractivity contribution is 0.260. The maximum atomic E-state index is 5.94. The van der Waals surface area contributed by atoms with Gasteiger partial charge in [-0.15, -0.1) is 0 Å². The van der Waals surface area contributed by atoms with Crippen molar-refractivity contribution in [1.29, 1.82) is 0 Å². The van der Waals surface area contributed by atoms with Crippen molar-refractivity contribution in [3.8, 4) is 5.75 Å². The van der Waals surface area contributed by atoms with Crippen LogP contribution in [-0.2, 0) is 0 Å². The van der Waals surface area contributed by atoms with E-state index in [1.165, 1.54) is 24.2 Å². The van der Waals surface area contributed by atoms with Crippen molar-refractivity contribution in [3.63, 3.8) is 0 Å². The van der Waals surface area contributed by atoms with Gasteiger partial charge < -0.3 is 10.1 Å². The lowest BCUT2D eigenvalue weighted by Gasteiger charge is -2.34. The molecule has 0 fully saturated rings. The number of benzene rings is 1. The lowest BCUT2D eigenvalue weighted by atomic mass is 10.00. The Hall–Kier alpha value is -0.670.